The summed E-state index contributed by atoms with van der Waals surface area (Å²) in [5.41, 5.74) is -0.769. The van der Waals surface area contributed by atoms with E-state index in [1.807, 2.05) is 18.2 Å². The number of amides is 1. The van der Waals surface area contributed by atoms with Gasteiger partial charge in [-0.1, -0.05) is 42.5 Å². The molecule has 1 aromatic heterocycles. The topological polar surface area (TPSA) is 67.2 Å². The number of hydrogen-bond donors (Lipinski definition) is 1. The van der Waals surface area contributed by atoms with Gasteiger partial charge in [0.25, 0.3) is 5.91 Å². The minimum absolute atomic E-state index is 0.201. The zero-order valence-corrected chi connectivity index (χ0v) is 19.4. The van der Waals surface area contributed by atoms with Crippen molar-refractivity contribution in [3.63, 3.8) is 0 Å². The van der Waals surface area contributed by atoms with Crippen molar-refractivity contribution >= 4 is 5.91 Å². The zero-order valence-electron chi connectivity index (χ0n) is 19.4. The summed E-state index contributed by atoms with van der Waals surface area (Å²) < 4.78 is 41.5. The van der Waals surface area contributed by atoms with Crippen molar-refractivity contribution in [2.45, 2.75) is 32.5 Å². The fraction of sp³-hybridized carbons (Fsp3) is 0.346. The maximum Gasteiger partial charge on any atom is 0.418 e. The lowest BCUT2D eigenvalue weighted by molar-refractivity contribution is -0.137. The lowest BCUT2D eigenvalue weighted by Gasteiger charge is -2.32. The number of benzene rings is 2. The Morgan fingerprint density at radius 3 is 2.57 bits per heavy atom. The summed E-state index contributed by atoms with van der Waals surface area (Å²) in [6, 6.07) is 16.2. The number of para-hydroxylation sites is 1. The first kappa shape index (κ1) is 24.7. The van der Waals surface area contributed by atoms with Gasteiger partial charge in [0, 0.05) is 31.4 Å². The number of piperidine rings is 1. The molecule has 1 saturated heterocycles. The quantitative estimate of drug-likeness (QED) is 0.570. The van der Waals surface area contributed by atoms with Crippen molar-refractivity contribution in [1.82, 2.24) is 20.0 Å². The molecule has 6 nitrogen and oxygen atoms in total. The number of carbonyl (C=O) groups is 1. The average Bonchev–Trinajstić information content (AvgIpc) is 2.83. The normalized spacial score (nSPS) is 16.7. The number of aromatic nitrogens is 2. The van der Waals surface area contributed by atoms with Gasteiger partial charge in [0.05, 0.1) is 11.3 Å². The molecule has 0 spiro atoms. The van der Waals surface area contributed by atoms with E-state index in [0.29, 0.717) is 6.54 Å². The Morgan fingerprint density at radius 1 is 1.11 bits per heavy atom. The Hall–Kier alpha value is -3.46. The molecule has 4 rings (SSSR count). The van der Waals surface area contributed by atoms with E-state index in [4.69, 9.17) is 0 Å². The van der Waals surface area contributed by atoms with Gasteiger partial charge in [-0.15, -0.1) is 0 Å². The largest absolute Gasteiger partial charge is 0.418 e. The van der Waals surface area contributed by atoms with Crippen molar-refractivity contribution in [2.75, 3.05) is 19.6 Å². The lowest BCUT2D eigenvalue weighted by atomic mass is 9.97. The molecule has 1 aliphatic heterocycles. The van der Waals surface area contributed by atoms with Crippen LogP contribution < -0.4 is 10.7 Å². The van der Waals surface area contributed by atoms with Crippen LogP contribution >= 0.6 is 0 Å². The second-order valence-corrected chi connectivity index (χ2v) is 8.86. The molecule has 9 heteroatoms. The molecule has 2 aromatic carbocycles. The lowest BCUT2D eigenvalue weighted by Crippen LogP contribution is -2.41. The highest BCUT2D eigenvalue weighted by Crippen LogP contribution is 2.33. The summed E-state index contributed by atoms with van der Waals surface area (Å²) in [7, 11) is 0. The molecule has 2 heterocycles. The van der Waals surface area contributed by atoms with E-state index in [2.05, 4.69) is 27.4 Å². The van der Waals surface area contributed by atoms with Crippen LogP contribution in [-0.4, -0.2) is 40.2 Å². The Balaban J connectivity index is 1.47. The van der Waals surface area contributed by atoms with Crippen LogP contribution in [0.5, 0.6) is 0 Å². The van der Waals surface area contributed by atoms with Crippen molar-refractivity contribution in [3.8, 4) is 5.69 Å². The molecule has 0 aliphatic carbocycles. The first-order chi connectivity index (χ1) is 16.7. The molecule has 1 N–H and O–H groups in total. The third kappa shape index (κ3) is 5.97. The van der Waals surface area contributed by atoms with Crippen LogP contribution in [0.2, 0.25) is 0 Å². The minimum atomic E-state index is -4.61. The van der Waals surface area contributed by atoms with Gasteiger partial charge in [-0.2, -0.15) is 18.3 Å². The summed E-state index contributed by atoms with van der Waals surface area (Å²) in [5.74, 6) is -0.483. The van der Waals surface area contributed by atoms with Crippen LogP contribution in [0.15, 0.2) is 65.5 Å². The maximum absolute atomic E-state index is 13.5. The van der Waals surface area contributed by atoms with Gasteiger partial charge >= 0.3 is 6.18 Å². The molecular formula is C26H27F3N4O2. The first-order valence-electron chi connectivity index (χ1n) is 11.5. The van der Waals surface area contributed by atoms with Crippen molar-refractivity contribution in [1.29, 1.82) is 0 Å². The molecule has 1 unspecified atom stereocenters. The van der Waals surface area contributed by atoms with E-state index in [1.54, 1.807) is 0 Å². The van der Waals surface area contributed by atoms with Gasteiger partial charge < -0.3 is 5.32 Å². The number of halogens is 3. The van der Waals surface area contributed by atoms with E-state index >= 15 is 0 Å². The molecule has 3 aromatic rings. The van der Waals surface area contributed by atoms with Crippen LogP contribution in [0.3, 0.4) is 0 Å². The summed E-state index contributed by atoms with van der Waals surface area (Å²) in [6.07, 6.45) is -2.67. The van der Waals surface area contributed by atoms with E-state index in [-0.39, 0.29) is 17.3 Å². The predicted molar refractivity (Wildman–Crippen MR) is 126 cm³/mol. The van der Waals surface area contributed by atoms with Crippen LogP contribution in [0.25, 0.3) is 5.69 Å². The van der Waals surface area contributed by atoms with Gasteiger partial charge in [-0.05, 0) is 49.9 Å². The SMILES string of the molecule is Cc1cc(=O)c(C(=O)NCC2CCCN(Cc3ccccc3)C2)nn1-c1ccccc1C(F)(F)F. The number of likely N-dealkylation sites (tertiary alicyclic amines) is 1. The minimum Gasteiger partial charge on any atom is -0.350 e. The fourth-order valence-electron chi connectivity index (χ4n) is 4.47. The number of aryl methyl sites for hydroxylation is 1. The second-order valence-electron chi connectivity index (χ2n) is 8.86. The van der Waals surface area contributed by atoms with Gasteiger partial charge in [-0.25, -0.2) is 4.68 Å². The summed E-state index contributed by atoms with van der Waals surface area (Å²) in [4.78, 5) is 27.7. The molecule has 184 valence electrons. The number of nitrogens with one attached hydrogen (secondary N) is 1. The van der Waals surface area contributed by atoms with Crippen LogP contribution in [-0.2, 0) is 12.7 Å². The maximum atomic E-state index is 13.5. The molecule has 35 heavy (non-hydrogen) atoms. The summed E-state index contributed by atoms with van der Waals surface area (Å²) in [6.45, 7) is 4.45. The molecule has 1 atom stereocenters. The highest BCUT2D eigenvalue weighted by Gasteiger charge is 2.34. The average molecular weight is 485 g/mol. The molecular weight excluding hydrogens is 457 g/mol. The Morgan fingerprint density at radius 2 is 1.83 bits per heavy atom. The number of alkyl halides is 3. The highest BCUT2D eigenvalue weighted by molar-refractivity contribution is 5.92. The van der Waals surface area contributed by atoms with Crippen molar-refractivity contribution in [2.24, 2.45) is 5.92 Å². The molecule has 0 saturated carbocycles. The van der Waals surface area contributed by atoms with E-state index < -0.39 is 28.8 Å². The second kappa shape index (κ2) is 10.4. The monoisotopic (exact) mass is 484 g/mol. The van der Waals surface area contributed by atoms with Crippen LogP contribution in [0, 0.1) is 12.8 Å². The number of carbonyl (C=O) groups excluding carboxylic acids is 1. The number of rotatable bonds is 6. The van der Waals surface area contributed by atoms with E-state index in [9.17, 15) is 22.8 Å². The zero-order chi connectivity index (χ0) is 25.0. The molecule has 1 aliphatic rings. The summed E-state index contributed by atoms with van der Waals surface area (Å²) >= 11 is 0. The molecule has 1 amide bonds. The van der Waals surface area contributed by atoms with Gasteiger partial charge in [0.2, 0.25) is 5.43 Å². The van der Waals surface area contributed by atoms with Gasteiger partial charge in [0.15, 0.2) is 5.69 Å². The standard InChI is InChI=1S/C26H27F3N4O2/c1-18-14-23(34)24(31-33(18)22-12-6-5-11-21(22)26(27,28)29)25(35)30-15-20-10-7-13-32(17-20)16-19-8-3-2-4-9-19/h2-6,8-9,11-12,14,20H,7,10,13,15-17H2,1H3,(H,30,35). The van der Waals surface area contributed by atoms with Gasteiger partial charge in [0.1, 0.15) is 0 Å². The Bertz CT molecular complexity index is 1240. The van der Waals surface area contributed by atoms with Crippen LogP contribution in [0.1, 0.15) is 40.2 Å². The fourth-order valence-corrected chi connectivity index (χ4v) is 4.47. The predicted octanol–water partition coefficient (Wildman–Crippen LogP) is 4.20. The number of hydrogen-bond acceptors (Lipinski definition) is 4. The third-order valence-corrected chi connectivity index (χ3v) is 6.16. The molecule has 1 fully saturated rings. The molecule has 0 bridgehead atoms. The molecule has 0 radical (unpaired) electrons. The first-order valence-corrected chi connectivity index (χ1v) is 11.5. The van der Waals surface area contributed by atoms with E-state index in [1.165, 1.54) is 30.7 Å². The highest BCUT2D eigenvalue weighted by atomic mass is 19.4. The van der Waals surface area contributed by atoms with Crippen molar-refractivity contribution in [3.05, 3.63) is 93.4 Å². The summed E-state index contributed by atoms with van der Waals surface area (Å²) in [5, 5.41) is 6.81. The van der Waals surface area contributed by atoms with Gasteiger partial charge in [-0.3, -0.25) is 14.5 Å². The van der Waals surface area contributed by atoms with Crippen molar-refractivity contribution < 1.29 is 18.0 Å². The Labute approximate surface area is 201 Å². The number of nitrogens with zero attached hydrogens (tertiary/aromatic N) is 3. The third-order valence-electron chi connectivity index (χ3n) is 6.16. The Kier molecular flexibility index (Phi) is 7.35. The van der Waals surface area contributed by atoms with Crippen LogP contribution in [0.4, 0.5) is 13.2 Å². The smallest absolute Gasteiger partial charge is 0.350 e. The van der Waals surface area contributed by atoms with E-state index in [0.717, 1.165) is 49.3 Å².